The van der Waals surface area contributed by atoms with E-state index >= 15 is 0 Å². The van der Waals surface area contributed by atoms with E-state index in [1.807, 2.05) is 16.5 Å². The number of rotatable bonds is 5. The number of nitrogens with one attached hydrogen (secondary N) is 1. The minimum absolute atomic E-state index is 0.0905. The number of nitrogens with zero attached hydrogens (tertiary/aromatic N) is 3. The second-order valence-corrected chi connectivity index (χ2v) is 7.64. The van der Waals surface area contributed by atoms with Crippen LogP contribution in [0.1, 0.15) is 48.0 Å². The molecule has 0 saturated carbocycles. The van der Waals surface area contributed by atoms with Crippen LogP contribution in [-0.2, 0) is 12.8 Å². The van der Waals surface area contributed by atoms with Gasteiger partial charge in [-0.1, -0.05) is 13.8 Å². The Morgan fingerprint density at radius 1 is 1.43 bits per heavy atom. The Morgan fingerprint density at radius 2 is 2.22 bits per heavy atom. The van der Waals surface area contributed by atoms with Gasteiger partial charge in [-0.05, 0) is 24.7 Å². The highest BCUT2D eigenvalue weighted by Crippen LogP contribution is 2.22. The first-order valence-corrected chi connectivity index (χ1v) is 9.21. The number of imidazole rings is 1. The zero-order chi connectivity index (χ0) is 16.2. The summed E-state index contributed by atoms with van der Waals surface area (Å²) >= 11 is 1.60. The number of hydrogen-bond donors (Lipinski definition) is 1. The lowest BCUT2D eigenvalue weighted by molar-refractivity contribution is 0.0684. The monoisotopic (exact) mass is 332 g/mol. The van der Waals surface area contributed by atoms with E-state index in [1.54, 1.807) is 17.5 Å². The maximum absolute atomic E-state index is 12.6. The fourth-order valence-corrected chi connectivity index (χ4v) is 4.02. The fourth-order valence-electron chi connectivity index (χ4n) is 3.04. The topological polar surface area (TPSA) is 61.9 Å². The summed E-state index contributed by atoms with van der Waals surface area (Å²) in [6, 6.07) is 0. The molecule has 1 fully saturated rings. The molecule has 23 heavy (non-hydrogen) atoms. The van der Waals surface area contributed by atoms with Crippen molar-refractivity contribution < 1.29 is 4.79 Å². The molecule has 0 atom stereocenters. The van der Waals surface area contributed by atoms with Gasteiger partial charge in [0.2, 0.25) is 0 Å². The van der Waals surface area contributed by atoms with E-state index in [9.17, 15) is 4.79 Å². The molecule has 6 heteroatoms. The first kappa shape index (κ1) is 16.2. The summed E-state index contributed by atoms with van der Waals surface area (Å²) < 4.78 is 0. The number of H-pyrrole nitrogens is 1. The van der Waals surface area contributed by atoms with Crippen LogP contribution in [0.15, 0.2) is 17.8 Å². The molecule has 1 aliphatic rings. The molecule has 0 spiro atoms. The molecule has 2 aromatic heterocycles. The van der Waals surface area contributed by atoms with Gasteiger partial charge >= 0.3 is 0 Å². The Balaban J connectivity index is 1.52. The number of hydrogen-bond acceptors (Lipinski definition) is 4. The van der Waals surface area contributed by atoms with Crippen molar-refractivity contribution in [2.75, 3.05) is 13.1 Å². The number of thiazole rings is 1. The molecule has 0 bridgehead atoms. The largest absolute Gasteiger partial charge is 0.349 e. The first-order valence-electron chi connectivity index (χ1n) is 8.33. The van der Waals surface area contributed by atoms with Crippen LogP contribution in [0.2, 0.25) is 0 Å². The Labute approximate surface area is 141 Å². The van der Waals surface area contributed by atoms with Crippen molar-refractivity contribution in [1.29, 1.82) is 0 Å². The van der Waals surface area contributed by atoms with Crippen LogP contribution in [0.5, 0.6) is 0 Å². The molecule has 0 unspecified atom stereocenters. The van der Waals surface area contributed by atoms with Crippen molar-refractivity contribution in [1.82, 2.24) is 19.9 Å². The number of aromatic amines is 1. The van der Waals surface area contributed by atoms with Crippen molar-refractivity contribution in [3.05, 3.63) is 34.3 Å². The van der Waals surface area contributed by atoms with Crippen LogP contribution in [0.3, 0.4) is 0 Å². The summed E-state index contributed by atoms with van der Waals surface area (Å²) in [5.41, 5.74) is 0.620. The zero-order valence-corrected chi connectivity index (χ0v) is 14.6. The van der Waals surface area contributed by atoms with Crippen LogP contribution >= 0.6 is 11.3 Å². The van der Waals surface area contributed by atoms with E-state index in [2.05, 4.69) is 28.8 Å². The lowest BCUT2D eigenvalue weighted by Crippen LogP contribution is -2.39. The third-order valence-electron chi connectivity index (χ3n) is 4.29. The first-order chi connectivity index (χ1) is 11.1. The molecule has 1 amide bonds. The molecule has 3 rings (SSSR count). The predicted molar refractivity (Wildman–Crippen MR) is 91.6 cm³/mol. The van der Waals surface area contributed by atoms with Crippen molar-refractivity contribution in [3.63, 3.8) is 0 Å². The molecule has 1 saturated heterocycles. The van der Waals surface area contributed by atoms with Gasteiger partial charge in [0.25, 0.3) is 5.91 Å². The SMILES string of the molecule is CC(C)Cc1nc(C(=O)N2CCC(Cc3ncc[nH]3)CC2)cs1. The Morgan fingerprint density at radius 3 is 2.87 bits per heavy atom. The number of aromatic nitrogens is 3. The quantitative estimate of drug-likeness (QED) is 0.915. The molecule has 0 aliphatic carbocycles. The molecule has 1 N–H and O–H groups in total. The Bertz CT molecular complexity index is 627. The van der Waals surface area contributed by atoms with E-state index in [0.29, 0.717) is 17.5 Å². The van der Waals surface area contributed by atoms with Gasteiger partial charge in [0.15, 0.2) is 0 Å². The number of carbonyl (C=O) groups excluding carboxylic acids is 1. The molecule has 5 nitrogen and oxygen atoms in total. The normalized spacial score (nSPS) is 16.2. The molecule has 1 aliphatic heterocycles. The lowest BCUT2D eigenvalue weighted by atomic mass is 9.93. The van der Waals surface area contributed by atoms with Gasteiger partial charge in [0.05, 0.1) is 5.01 Å². The Hall–Kier alpha value is -1.69. The minimum Gasteiger partial charge on any atom is -0.349 e. The summed E-state index contributed by atoms with van der Waals surface area (Å²) in [5, 5.41) is 2.98. The van der Waals surface area contributed by atoms with Crippen LogP contribution in [0.4, 0.5) is 0 Å². The number of likely N-dealkylation sites (tertiary alicyclic amines) is 1. The molecular formula is C17H24N4OS. The molecule has 0 radical (unpaired) electrons. The molecule has 0 aromatic carbocycles. The van der Waals surface area contributed by atoms with E-state index in [0.717, 1.165) is 49.6 Å². The van der Waals surface area contributed by atoms with Crippen LogP contribution in [0.25, 0.3) is 0 Å². The number of carbonyl (C=O) groups is 1. The van der Waals surface area contributed by atoms with Crippen molar-refractivity contribution in [2.24, 2.45) is 11.8 Å². The van der Waals surface area contributed by atoms with Gasteiger partial charge in [-0.3, -0.25) is 4.79 Å². The summed E-state index contributed by atoms with van der Waals surface area (Å²) in [4.78, 5) is 26.5. The van der Waals surface area contributed by atoms with Gasteiger partial charge in [0.1, 0.15) is 11.5 Å². The maximum Gasteiger partial charge on any atom is 0.273 e. The van der Waals surface area contributed by atoms with Gasteiger partial charge < -0.3 is 9.88 Å². The van der Waals surface area contributed by atoms with Crippen molar-refractivity contribution in [3.8, 4) is 0 Å². The summed E-state index contributed by atoms with van der Waals surface area (Å²) in [6.45, 7) is 5.99. The van der Waals surface area contributed by atoms with Crippen molar-refractivity contribution >= 4 is 17.2 Å². The van der Waals surface area contributed by atoms with E-state index in [1.165, 1.54) is 0 Å². The highest BCUT2D eigenvalue weighted by molar-refractivity contribution is 7.09. The lowest BCUT2D eigenvalue weighted by Gasteiger charge is -2.31. The second kappa shape index (κ2) is 7.25. The molecular weight excluding hydrogens is 308 g/mol. The van der Waals surface area contributed by atoms with Crippen molar-refractivity contribution in [2.45, 2.75) is 39.5 Å². The predicted octanol–water partition coefficient (Wildman–Crippen LogP) is 3.16. The highest BCUT2D eigenvalue weighted by atomic mass is 32.1. The summed E-state index contributed by atoms with van der Waals surface area (Å²) in [6.07, 6.45) is 7.66. The molecule has 124 valence electrons. The fraction of sp³-hybridized carbons (Fsp3) is 0.588. The third kappa shape index (κ3) is 4.19. The van der Waals surface area contributed by atoms with Gasteiger partial charge in [0, 0.05) is 43.7 Å². The smallest absolute Gasteiger partial charge is 0.273 e. The van der Waals surface area contributed by atoms with E-state index < -0.39 is 0 Å². The number of piperidine rings is 1. The second-order valence-electron chi connectivity index (χ2n) is 6.70. The van der Waals surface area contributed by atoms with E-state index in [-0.39, 0.29) is 5.91 Å². The van der Waals surface area contributed by atoms with Crippen LogP contribution in [-0.4, -0.2) is 38.8 Å². The molecule has 3 heterocycles. The molecule has 2 aromatic rings. The maximum atomic E-state index is 12.6. The van der Waals surface area contributed by atoms with E-state index in [4.69, 9.17) is 0 Å². The third-order valence-corrected chi connectivity index (χ3v) is 5.16. The van der Waals surface area contributed by atoms with Gasteiger partial charge in [-0.2, -0.15) is 0 Å². The summed E-state index contributed by atoms with van der Waals surface area (Å²) in [7, 11) is 0. The standard InChI is InChI=1S/C17H24N4OS/c1-12(2)9-16-20-14(11-23-16)17(22)21-7-3-13(4-8-21)10-15-18-5-6-19-15/h5-6,11-13H,3-4,7-10H2,1-2H3,(H,18,19). The average Bonchev–Trinajstić information content (AvgIpc) is 3.19. The zero-order valence-electron chi connectivity index (χ0n) is 13.8. The van der Waals surface area contributed by atoms with Crippen LogP contribution < -0.4 is 0 Å². The Kier molecular flexibility index (Phi) is 5.10. The van der Waals surface area contributed by atoms with Gasteiger partial charge in [-0.25, -0.2) is 9.97 Å². The average molecular weight is 332 g/mol. The number of amides is 1. The summed E-state index contributed by atoms with van der Waals surface area (Å²) in [5.74, 6) is 2.32. The highest BCUT2D eigenvalue weighted by Gasteiger charge is 2.25. The van der Waals surface area contributed by atoms with Gasteiger partial charge in [-0.15, -0.1) is 11.3 Å². The minimum atomic E-state index is 0.0905. The van der Waals surface area contributed by atoms with Crippen LogP contribution in [0, 0.1) is 11.8 Å².